The molecule has 0 aromatic rings. The molecule has 0 spiro atoms. The highest BCUT2D eigenvalue weighted by Crippen LogP contribution is 2.28. The number of rotatable bonds is 10. The van der Waals surface area contributed by atoms with Crippen LogP contribution in [0.3, 0.4) is 0 Å². The Morgan fingerprint density at radius 3 is 1.47 bits per heavy atom. The van der Waals surface area contributed by atoms with Crippen molar-refractivity contribution in [3.05, 3.63) is 0 Å². The van der Waals surface area contributed by atoms with E-state index in [1.54, 1.807) is 0 Å². The SMILES string of the molecule is CCCCCC[Si](C)(Br)CCCCCC. The third-order valence-corrected chi connectivity index (χ3v) is 8.27. The van der Waals surface area contributed by atoms with E-state index < -0.39 is 6.69 Å². The van der Waals surface area contributed by atoms with Gasteiger partial charge in [0, 0.05) is 0 Å². The Morgan fingerprint density at radius 2 is 1.13 bits per heavy atom. The summed E-state index contributed by atoms with van der Waals surface area (Å²) in [5.41, 5.74) is 0. The maximum absolute atomic E-state index is 4.03. The van der Waals surface area contributed by atoms with Gasteiger partial charge in [-0.1, -0.05) is 71.8 Å². The van der Waals surface area contributed by atoms with Crippen LogP contribution in [-0.2, 0) is 0 Å². The van der Waals surface area contributed by atoms with E-state index in [-0.39, 0.29) is 0 Å². The number of unbranched alkanes of at least 4 members (excludes halogenated alkanes) is 6. The number of hydrogen-bond acceptors (Lipinski definition) is 0. The lowest BCUT2D eigenvalue weighted by Gasteiger charge is -2.19. The van der Waals surface area contributed by atoms with Gasteiger partial charge in [0.25, 0.3) is 0 Å². The van der Waals surface area contributed by atoms with E-state index >= 15 is 0 Å². The first-order valence-electron chi connectivity index (χ1n) is 6.81. The average Bonchev–Trinajstić information content (AvgIpc) is 2.20. The first kappa shape index (κ1) is 15.7. The van der Waals surface area contributed by atoms with Crippen molar-refractivity contribution >= 4 is 22.0 Å². The minimum Gasteiger partial charge on any atom is -0.126 e. The minimum atomic E-state index is -0.991. The second-order valence-electron chi connectivity index (χ2n) is 5.03. The van der Waals surface area contributed by atoms with Gasteiger partial charge in [-0.3, -0.25) is 0 Å². The second-order valence-corrected chi connectivity index (χ2v) is 14.6. The molecule has 0 amide bonds. The second kappa shape index (κ2) is 9.89. The molecule has 15 heavy (non-hydrogen) atoms. The van der Waals surface area contributed by atoms with Gasteiger partial charge in [0.1, 0.15) is 6.69 Å². The van der Waals surface area contributed by atoms with Crippen LogP contribution in [0.4, 0.5) is 0 Å². The molecule has 2 heteroatoms. The van der Waals surface area contributed by atoms with E-state index in [1.165, 1.54) is 63.5 Å². The molecule has 0 bridgehead atoms. The van der Waals surface area contributed by atoms with E-state index in [2.05, 4.69) is 35.7 Å². The van der Waals surface area contributed by atoms with Crippen LogP contribution >= 0.6 is 15.3 Å². The molecule has 0 unspecified atom stereocenters. The van der Waals surface area contributed by atoms with Gasteiger partial charge < -0.3 is 0 Å². The smallest absolute Gasteiger partial charge is 0.126 e. The van der Waals surface area contributed by atoms with E-state index in [9.17, 15) is 0 Å². The van der Waals surface area contributed by atoms with Crippen LogP contribution in [0.25, 0.3) is 0 Å². The van der Waals surface area contributed by atoms with E-state index in [4.69, 9.17) is 0 Å². The Balaban J connectivity index is 3.40. The molecule has 0 nitrogen and oxygen atoms in total. The highest BCUT2D eigenvalue weighted by Gasteiger charge is 2.21. The van der Waals surface area contributed by atoms with Crippen molar-refractivity contribution in [2.24, 2.45) is 0 Å². The van der Waals surface area contributed by atoms with Crippen LogP contribution in [0.5, 0.6) is 0 Å². The molecule has 0 aliphatic carbocycles. The Kier molecular flexibility index (Phi) is 10.3. The van der Waals surface area contributed by atoms with Gasteiger partial charge >= 0.3 is 0 Å². The fourth-order valence-electron chi connectivity index (χ4n) is 1.97. The highest BCUT2D eigenvalue weighted by atomic mass is 79.9. The van der Waals surface area contributed by atoms with Gasteiger partial charge in [-0.05, 0) is 12.1 Å². The molecular formula is C13H29BrSi. The largest absolute Gasteiger partial charge is 0.127 e. The first-order valence-corrected chi connectivity index (χ1v) is 12.0. The highest BCUT2D eigenvalue weighted by molar-refractivity contribution is 9.26. The molecule has 0 aromatic carbocycles. The lowest BCUT2D eigenvalue weighted by Crippen LogP contribution is -2.20. The third kappa shape index (κ3) is 11.0. The summed E-state index contributed by atoms with van der Waals surface area (Å²) in [5.74, 6) is 0. The summed E-state index contributed by atoms with van der Waals surface area (Å²) in [6, 6.07) is 2.97. The molecule has 0 saturated heterocycles. The molecule has 92 valence electrons. The normalized spacial score (nSPS) is 12.0. The molecule has 0 heterocycles. The molecule has 0 N–H and O–H groups in total. The van der Waals surface area contributed by atoms with Crippen LogP contribution in [0.1, 0.15) is 65.2 Å². The fraction of sp³-hybridized carbons (Fsp3) is 1.00. The van der Waals surface area contributed by atoms with Crippen molar-refractivity contribution in [3.8, 4) is 0 Å². The Morgan fingerprint density at radius 1 is 0.733 bits per heavy atom. The van der Waals surface area contributed by atoms with E-state index in [0.717, 1.165) is 0 Å². The van der Waals surface area contributed by atoms with Crippen LogP contribution < -0.4 is 0 Å². The predicted octanol–water partition coefficient (Wildman–Crippen LogP) is 6.12. The topological polar surface area (TPSA) is 0 Å². The van der Waals surface area contributed by atoms with Gasteiger partial charge in [-0.25, -0.2) is 0 Å². The van der Waals surface area contributed by atoms with Crippen molar-refractivity contribution in [2.75, 3.05) is 0 Å². The summed E-state index contributed by atoms with van der Waals surface area (Å²) in [7, 11) is 0. The summed E-state index contributed by atoms with van der Waals surface area (Å²) < 4.78 is 0. The monoisotopic (exact) mass is 292 g/mol. The summed E-state index contributed by atoms with van der Waals surface area (Å²) in [5, 5.41) is 0. The molecule has 0 fully saturated rings. The van der Waals surface area contributed by atoms with Crippen molar-refractivity contribution < 1.29 is 0 Å². The van der Waals surface area contributed by atoms with Crippen molar-refractivity contribution in [2.45, 2.75) is 83.8 Å². The van der Waals surface area contributed by atoms with E-state index in [0.29, 0.717) is 0 Å². The molecule has 0 aliphatic rings. The Bertz CT molecular complexity index is 120. The van der Waals surface area contributed by atoms with Crippen molar-refractivity contribution in [1.29, 1.82) is 0 Å². The quantitative estimate of drug-likeness (QED) is 0.259. The predicted molar refractivity (Wildman–Crippen MR) is 78.4 cm³/mol. The zero-order valence-corrected chi connectivity index (χ0v) is 13.5. The van der Waals surface area contributed by atoms with Crippen LogP contribution in [0.2, 0.25) is 18.6 Å². The Labute approximate surface area is 106 Å². The number of hydrogen-bond donors (Lipinski definition) is 0. The van der Waals surface area contributed by atoms with Gasteiger partial charge in [0.15, 0.2) is 0 Å². The molecule has 0 atom stereocenters. The summed E-state index contributed by atoms with van der Waals surface area (Å²) >= 11 is 4.03. The Hall–Kier alpha value is 0.697. The lowest BCUT2D eigenvalue weighted by atomic mass is 10.2. The fourth-order valence-corrected chi connectivity index (χ4v) is 5.87. The zero-order chi connectivity index (χ0) is 11.6. The maximum Gasteiger partial charge on any atom is 0.127 e. The van der Waals surface area contributed by atoms with Gasteiger partial charge in [-0.15, -0.1) is 15.3 Å². The minimum absolute atomic E-state index is 0.991. The average molecular weight is 293 g/mol. The molecule has 0 radical (unpaired) electrons. The molecule has 0 saturated carbocycles. The van der Waals surface area contributed by atoms with Gasteiger partial charge in [-0.2, -0.15) is 0 Å². The molecule has 0 aromatic heterocycles. The van der Waals surface area contributed by atoms with Gasteiger partial charge in [0.2, 0.25) is 0 Å². The number of halogens is 1. The molecule has 0 aliphatic heterocycles. The van der Waals surface area contributed by atoms with E-state index in [1.807, 2.05) is 0 Å². The molecular weight excluding hydrogens is 264 g/mol. The maximum atomic E-state index is 4.03. The van der Waals surface area contributed by atoms with Crippen LogP contribution in [-0.4, -0.2) is 6.69 Å². The third-order valence-electron chi connectivity index (χ3n) is 3.10. The van der Waals surface area contributed by atoms with Crippen LogP contribution in [0.15, 0.2) is 0 Å². The summed E-state index contributed by atoms with van der Waals surface area (Å²) in [4.78, 5) is 0. The van der Waals surface area contributed by atoms with Crippen molar-refractivity contribution in [3.63, 3.8) is 0 Å². The van der Waals surface area contributed by atoms with Gasteiger partial charge in [0.05, 0.1) is 0 Å². The first-order chi connectivity index (χ1) is 7.12. The summed E-state index contributed by atoms with van der Waals surface area (Å²) in [6.45, 7) is 6.09. The van der Waals surface area contributed by atoms with Crippen molar-refractivity contribution in [1.82, 2.24) is 0 Å². The standard InChI is InChI=1S/C13H29BrSi/c1-4-6-8-10-12-15(3,14)13-11-9-7-5-2/h4-13H2,1-3H3. The zero-order valence-electron chi connectivity index (χ0n) is 10.9. The molecule has 0 rings (SSSR count). The summed E-state index contributed by atoms with van der Waals surface area (Å²) in [6.07, 6.45) is 11.4. The van der Waals surface area contributed by atoms with Crippen LogP contribution in [0, 0.1) is 0 Å². The lowest BCUT2D eigenvalue weighted by molar-refractivity contribution is 0.685.